The second kappa shape index (κ2) is 7.47. The second-order valence-electron chi connectivity index (χ2n) is 8.02. The molecule has 6 nitrogen and oxygen atoms in total. The smallest absolute Gasteiger partial charge is 0.133 e. The first kappa shape index (κ1) is 17.6. The van der Waals surface area contributed by atoms with Gasteiger partial charge in [0.1, 0.15) is 5.76 Å². The molecule has 2 aliphatic heterocycles. The normalized spacial score (nSPS) is 26.9. The lowest BCUT2D eigenvalue weighted by atomic mass is 9.77. The van der Waals surface area contributed by atoms with E-state index in [1.807, 2.05) is 25.3 Å². The van der Waals surface area contributed by atoms with E-state index in [0.717, 1.165) is 56.3 Å². The standard InChI is InChI=1S/C20H28N4O2/c1-16-8-19(22-26-16)11-24-7-5-20(15-24)14-23(2)10-18(20)13-25-12-17-4-3-6-21-9-17/h3-4,6,8-9,18H,5,7,10-15H2,1-2H3/t18-,20-/m1/s1. The number of likely N-dealkylation sites (tertiary alicyclic amines) is 2. The Kier molecular flexibility index (Phi) is 5.07. The van der Waals surface area contributed by atoms with Gasteiger partial charge in [-0.25, -0.2) is 0 Å². The highest BCUT2D eigenvalue weighted by atomic mass is 16.5. The molecule has 140 valence electrons. The summed E-state index contributed by atoms with van der Waals surface area (Å²) in [6, 6.07) is 6.07. The van der Waals surface area contributed by atoms with Crippen molar-refractivity contribution in [1.82, 2.24) is 19.9 Å². The summed E-state index contributed by atoms with van der Waals surface area (Å²) in [4.78, 5) is 9.14. The van der Waals surface area contributed by atoms with Crippen LogP contribution in [-0.2, 0) is 17.9 Å². The van der Waals surface area contributed by atoms with Gasteiger partial charge >= 0.3 is 0 Å². The van der Waals surface area contributed by atoms with Crippen molar-refractivity contribution in [3.05, 3.63) is 47.6 Å². The summed E-state index contributed by atoms with van der Waals surface area (Å²) < 4.78 is 11.3. The monoisotopic (exact) mass is 356 g/mol. The molecule has 0 saturated carbocycles. The van der Waals surface area contributed by atoms with Crippen LogP contribution >= 0.6 is 0 Å². The summed E-state index contributed by atoms with van der Waals surface area (Å²) in [5.41, 5.74) is 2.51. The van der Waals surface area contributed by atoms with Gasteiger partial charge in [-0.2, -0.15) is 0 Å². The van der Waals surface area contributed by atoms with Crippen LogP contribution in [-0.4, -0.2) is 59.8 Å². The minimum Gasteiger partial charge on any atom is -0.376 e. The summed E-state index contributed by atoms with van der Waals surface area (Å²) in [6.45, 7) is 8.80. The zero-order chi connectivity index (χ0) is 18.0. The van der Waals surface area contributed by atoms with Gasteiger partial charge < -0.3 is 14.2 Å². The average molecular weight is 356 g/mol. The van der Waals surface area contributed by atoms with Gasteiger partial charge in [0.05, 0.1) is 18.9 Å². The molecule has 0 radical (unpaired) electrons. The van der Waals surface area contributed by atoms with Crippen molar-refractivity contribution in [2.75, 3.05) is 39.8 Å². The summed E-state index contributed by atoms with van der Waals surface area (Å²) in [7, 11) is 2.23. The lowest BCUT2D eigenvalue weighted by molar-refractivity contribution is 0.0514. The van der Waals surface area contributed by atoms with Gasteiger partial charge in [-0.1, -0.05) is 11.2 Å². The van der Waals surface area contributed by atoms with Gasteiger partial charge in [-0.15, -0.1) is 0 Å². The highest BCUT2D eigenvalue weighted by molar-refractivity contribution is 5.08. The van der Waals surface area contributed by atoms with E-state index >= 15 is 0 Å². The third kappa shape index (κ3) is 3.82. The number of hydrogen-bond donors (Lipinski definition) is 0. The number of ether oxygens (including phenoxy) is 1. The zero-order valence-corrected chi connectivity index (χ0v) is 15.7. The van der Waals surface area contributed by atoms with E-state index in [4.69, 9.17) is 9.26 Å². The van der Waals surface area contributed by atoms with E-state index in [1.54, 1.807) is 6.20 Å². The number of rotatable bonds is 6. The van der Waals surface area contributed by atoms with E-state index in [1.165, 1.54) is 6.42 Å². The van der Waals surface area contributed by atoms with E-state index in [2.05, 4.69) is 33.1 Å². The fraction of sp³-hybridized carbons (Fsp3) is 0.600. The van der Waals surface area contributed by atoms with E-state index in [0.29, 0.717) is 17.9 Å². The maximum absolute atomic E-state index is 6.08. The molecule has 4 heterocycles. The molecular weight excluding hydrogens is 328 g/mol. The SMILES string of the molecule is Cc1cc(CN2CC[C@@]3(CN(C)C[C@@H]3COCc3cccnc3)C2)no1. The first-order chi connectivity index (χ1) is 12.6. The highest BCUT2D eigenvalue weighted by Crippen LogP contribution is 2.43. The lowest BCUT2D eigenvalue weighted by Crippen LogP contribution is -2.36. The van der Waals surface area contributed by atoms with Crippen LogP contribution in [0.4, 0.5) is 0 Å². The summed E-state index contributed by atoms with van der Waals surface area (Å²) in [6.07, 6.45) is 4.91. The maximum atomic E-state index is 6.08. The molecule has 0 N–H and O–H groups in total. The van der Waals surface area contributed by atoms with E-state index in [9.17, 15) is 0 Å². The number of aryl methyl sites for hydroxylation is 1. The summed E-state index contributed by atoms with van der Waals surface area (Å²) >= 11 is 0. The number of pyridine rings is 1. The van der Waals surface area contributed by atoms with Crippen LogP contribution in [0, 0.1) is 18.3 Å². The van der Waals surface area contributed by atoms with Gasteiger partial charge in [0, 0.05) is 56.0 Å². The Labute approximate surface area is 155 Å². The Balaban J connectivity index is 1.35. The minimum atomic E-state index is 0.336. The Morgan fingerprint density at radius 1 is 1.38 bits per heavy atom. The quantitative estimate of drug-likeness (QED) is 0.792. The fourth-order valence-corrected chi connectivity index (χ4v) is 4.64. The molecule has 1 spiro atoms. The predicted octanol–water partition coefficient (Wildman–Crippen LogP) is 2.35. The van der Waals surface area contributed by atoms with Gasteiger partial charge in [0.25, 0.3) is 0 Å². The lowest BCUT2D eigenvalue weighted by Gasteiger charge is -2.30. The van der Waals surface area contributed by atoms with Crippen molar-refractivity contribution in [2.24, 2.45) is 11.3 Å². The van der Waals surface area contributed by atoms with E-state index in [-0.39, 0.29) is 0 Å². The fourth-order valence-electron chi connectivity index (χ4n) is 4.64. The molecule has 0 aliphatic carbocycles. The van der Waals surface area contributed by atoms with Crippen LogP contribution in [0.2, 0.25) is 0 Å². The minimum absolute atomic E-state index is 0.336. The Morgan fingerprint density at radius 3 is 3.08 bits per heavy atom. The molecule has 2 aromatic heterocycles. The molecule has 2 atom stereocenters. The van der Waals surface area contributed by atoms with Crippen molar-refractivity contribution in [2.45, 2.75) is 26.5 Å². The summed E-state index contributed by atoms with van der Waals surface area (Å²) in [5, 5.41) is 4.15. The van der Waals surface area contributed by atoms with Crippen molar-refractivity contribution in [3.63, 3.8) is 0 Å². The number of hydrogen-bond acceptors (Lipinski definition) is 6. The highest BCUT2D eigenvalue weighted by Gasteiger charge is 2.49. The largest absolute Gasteiger partial charge is 0.376 e. The van der Waals surface area contributed by atoms with E-state index < -0.39 is 0 Å². The molecule has 0 bridgehead atoms. The molecular formula is C20H28N4O2. The van der Waals surface area contributed by atoms with Crippen LogP contribution in [0.1, 0.15) is 23.4 Å². The Morgan fingerprint density at radius 2 is 2.31 bits per heavy atom. The van der Waals surface area contributed by atoms with Crippen molar-refractivity contribution >= 4 is 0 Å². The third-order valence-corrected chi connectivity index (χ3v) is 5.82. The predicted molar refractivity (Wildman–Crippen MR) is 98.4 cm³/mol. The molecule has 2 fully saturated rings. The van der Waals surface area contributed by atoms with Gasteiger partial charge in [-0.05, 0) is 38.6 Å². The van der Waals surface area contributed by atoms with Crippen molar-refractivity contribution < 1.29 is 9.26 Å². The molecule has 0 unspecified atom stereocenters. The van der Waals surface area contributed by atoms with Crippen LogP contribution in [0.25, 0.3) is 0 Å². The van der Waals surface area contributed by atoms with Gasteiger partial charge in [-0.3, -0.25) is 9.88 Å². The Bertz CT molecular complexity index is 720. The summed E-state index contributed by atoms with van der Waals surface area (Å²) in [5.74, 6) is 1.46. The number of aromatic nitrogens is 2. The molecule has 0 aromatic carbocycles. The molecule has 26 heavy (non-hydrogen) atoms. The van der Waals surface area contributed by atoms with Gasteiger partial charge in [0.15, 0.2) is 0 Å². The molecule has 2 saturated heterocycles. The molecule has 4 rings (SSSR count). The molecule has 2 aliphatic rings. The van der Waals surface area contributed by atoms with Crippen molar-refractivity contribution in [3.8, 4) is 0 Å². The van der Waals surface area contributed by atoms with Crippen molar-refractivity contribution in [1.29, 1.82) is 0 Å². The third-order valence-electron chi connectivity index (χ3n) is 5.82. The van der Waals surface area contributed by atoms with Crippen LogP contribution in [0.3, 0.4) is 0 Å². The topological polar surface area (TPSA) is 54.6 Å². The molecule has 0 amide bonds. The van der Waals surface area contributed by atoms with Crippen LogP contribution in [0.5, 0.6) is 0 Å². The second-order valence-corrected chi connectivity index (χ2v) is 8.02. The Hall–Kier alpha value is -1.76. The van der Waals surface area contributed by atoms with Gasteiger partial charge in [0.2, 0.25) is 0 Å². The zero-order valence-electron chi connectivity index (χ0n) is 15.7. The molecule has 6 heteroatoms. The number of nitrogens with zero attached hydrogens (tertiary/aromatic N) is 4. The first-order valence-corrected chi connectivity index (χ1v) is 9.43. The average Bonchev–Trinajstić information content (AvgIpc) is 3.30. The van der Waals surface area contributed by atoms with Crippen LogP contribution in [0.15, 0.2) is 35.1 Å². The molecule has 2 aromatic rings. The first-order valence-electron chi connectivity index (χ1n) is 9.43. The van der Waals surface area contributed by atoms with Crippen LogP contribution < -0.4 is 0 Å². The maximum Gasteiger partial charge on any atom is 0.133 e.